The molecule has 0 unspecified atom stereocenters. The van der Waals surface area contributed by atoms with Gasteiger partial charge in [0, 0.05) is 25.5 Å². The highest BCUT2D eigenvalue weighted by atomic mass is 127. The van der Waals surface area contributed by atoms with Crippen LogP contribution in [-0.4, -0.2) is 9.97 Å². The van der Waals surface area contributed by atoms with Crippen molar-refractivity contribution in [1.82, 2.24) is 9.97 Å². The zero-order valence-electron chi connectivity index (χ0n) is 7.51. The third kappa shape index (κ3) is 2.00. The molecule has 0 aliphatic carbocycles. The standard InChI is InChI=1S/C10H8BrIN2/c1-6-5-13-10(14-6)8-4-7(11)2-3-9(8)12/h2-5H,1H3,(H,13,14). The number of nitrogens with zero attached hydrogens (tertiary/aromatic N) is 1. The number of benzene rings is 1. The molecule has 1 N–H and O–H groups in total. The van der Waals surface area contributed by atoms with Crippen LogP contribution >= 0.6 is 38.5 Å². The van der Waals surface area contributed by atoms with Gasteiger partial charge in [-0.15, -0.1) is 0 Å². The zero-order valence-corrected chi connectivity index (χ0v) is 11.3. The summed E-state index contributed by atoms with van der Waals surface area (Å²) in [5, 5.41) is 0. The lowest BCUT2D eigenvalue weighted by Gasteiger charge is -2.01. The molecule has 0 amide bonds. The fourth-order valence-electron chi connectivity index (χ4n) is 1.23. The second-order valence-corrected chi connectivity index (χ2v) is 5.12. The molecule has 1 aromatic heterocycles. The molecule has 4 heteroatoms. The highest BCUT2D eigenvalue weighted by molar-refractivity contribution is 14.1. The van der Waals surface area contributed by atoms with Crippen molar-refractivity contribution in [2.45, 2.75) is 6.92 Å². The minimum atomic E-state index is 0.924. The molecular formula is C10H8BrIN2. The number of aromatic nitrogens is 2. The lowest BCUT2D eigenvalue weighted by molar-refractivity contribution is 1.25. The maximum atomic E-state index is 4.31. The van der Waals surface area contributed by atoms with Crippen molar-refractivity contribution in [2.24, 2.45) is 0 Å². The molecular weight excluding hydrogens is 355 g/mol. The normalized spacial score (nSPS) is 10.5. The van der Waals surface area contributed by atoms with E-state index in [1.807, 2.05) is 19.2 Å². The summed E-state index contributed by atoms with van der Waals surface area (Å²) < 4.78 is 2.27. The Kier molecular flexibility index (Phi) is 2.92. The van der Waals surface area contributed by atoms with Gasteiger partial charge < -0.3 is 4.98 Å². The molecule has 0 atom stereocenters. The molecule has 0 saturated heterocycles. The Morgan fingerprint density at radius 1 is 1.43 bits per heavy atom. The van der Waals surface area contributed by atoms with Crippen molar-refractivity contribution in [3.05, 3.63) is 38.1 Å². The van der Waals surface area contributed by atoms with Gasteiger partial charge in [0.1, 0.15) is 5.82 Å². The van der Waals surface area contributed by atoms with E-state index in [9.17, 15) is 0 Å². The first-order chi connectivity index (χ1) is 6.66. The summed E-state index contributed by atoms with van der Waals surface area (Å²) in [5.74, 6) is 0.924. The summed E-state index contributed by atoms with van der Waals surface area (Å²) in [6, 6.07) is 6.17. The van der Waals surface area contributed by atoms with E-state index in [0.29, 0.717) is 0 Å². The molecule has 1 aromatic carbocycles. The van der Waals surface area contributed by atoms with Crippen LogP contribution in [0, 0.1) is 10.5 Å². The van der Waals surface area contributed by atoms with E-state index in [1.54, 1.807) is 0 Å². The number of H-pyrrole nitrogens is 1. The smallest absolute Gasteiger partial charge is 0.138 e. The van der Waals surface area contributed by atoms with Gasteiger partial charge in [0.2, 0.25) is 0 Å². The van der Waals surface area contributed by atoms with Crippen molar-refractivity contribution in [2.75, 3.05) is 0 Å². The molecule has 0 radical (unpaired) electrons. The summed E-state index contributed by atoms with van der Waals surface area (Å²) in [5.41, 5.74) is 2.21. The van der Waals surface area contributed by atoms with Crippen LogP contribution in [0.15, 0.2) is 28.9 Å². The second-order valence-electron chi connectivity index (χ2n) is 3.04. The third-order valence-electron chi connectivity index (χ3n) is 1.89. The number of hydrogen-bond donors (Lipinski definition) is 1. The van der Waals surface area contributed by atoms with Crippen LogP contribution in [0.5, 0.6) is 0 Å². The number of aryl methyl sites for hydroxylation is 1. The maximum absolute atomic E-state index is 4.31. The molecule has 0 aliphatic heterocycles. The van der Waals surface area contributed by atoms with Gasteiger partial charge in [-0.25, -0.2) is 4.98 Å². The first kappa shape index (κ1) is 10.2. The van der Waals surface area contributed by atoms with Gasteiger partial charge in [-0.3, -0.25) is 0 Å². The Hall–Kier alpha value is -0.360. The molecule has 2 nitrogen and oxygen atoms in total. The molecule has 72 valence electrons. The summed E-state index contributed by atoms with van der Waals surface area (Å²) in [6.07, 6.45) is 1.84. The predicted octanol–water partition coefficient (Wildman–Crippen LogP) is 3.75. The quantitative estimate of drug-likeness (QED) is 0.769. The van der Waals surface area contributed by atoms with Crippen molar-refractivity contribution in [1.29, 1.82) is 0 Å². The number of hydrogen-bond acceptors (Lipinski definition) is 1. The molecule has 0 fully saturated rings. The fraction of sp³-hybridized carbons (Fsp3) is 0.100. The fourth-order valence-corrected chi connectivity index (χ4v) is 2.18. The molecule has 1 heterocycles. The van der Waals surface area contributed by atoms with Crippen molar-refractivity contribution < 1.29 is 0 Å². The van der Waals surface area contributed by atoms with E-state index in [4.69, 9.17) is 0 Å². The maximum Gasteiger partial charge on any atom is 0.138 e. The first-order valence-electron chi connectivity index (χ1n) is 4.14. The number of imidazole rings is 1. The van der Waals surface area contributed by atoms with E-state index in [-0.39, 0.29) is 0 Å². The van der Waals surface area contributed by atoms with Gasteiger partial charge in [0.25, 0.3) is 0 Å². The van der Waals surface area contributed by atoms with Gasteiger partial charge >= 0.3 is 0 Å². The van der Waals surface area contributed by atoms with Crippen LogP contribution in [0.3, 0.4) is 0 Å². The highest BCUT2D eigenvalue weighted by Crippen LogP contribution is 2.26. The molecule has 0 saturated carbocycles. The van der Waals surface area contributed by atoms with Gasteiger partial charge in [-0.2, -0.15) is 0 Å². The van der Waals surface area contributed by atoms with Crippen LogP contribution in [0.2, 0.25) is 0 Å². The predicted molar refractivity (Wildman–Crippen MR) is 69.2 cm³/mol. The minimum Gasteiger partial charge on any atom is -0.342 e. The van der Waals surface area contributed by atoms with Crippen molar-refractivity contribution >= 4 is 38.5 Å². The number of halogens is 2. The van der Waals surface area contributed by atoms with Crippen LogP contribution in [0.4, 0.5) is 0 Å². The average Bonchev–Trinajstić information content (AvgIpc) is 2.56. The lowest BCUT2D eigenvalue weighted by atomic mass is 10.2. The molecule has 0 aliphatic rings. The van der Waals surface area contributed by atoms with Crippen LogP contribution in [0.1, 0.15) is 5.69 Å². The molecule has 14 heavy (non-hydrogen) atoms. The summed E-state index contributed by atoms with van der Waals surface area (Å²) in [4.78, 5) is 7.53. The molecule has 2 rings (SSSR count). The first-order valence-corrected chi connectivity index (χ1v) is 6.01. The summed E-state index contributed by atoms with van der Waals surface area (Å²) in [7, 11) is 0. The van der Waals surface area contributed by atoms with Crippen LogP contribution in [0.25, 0.3) is 11.4 Å². The van der Waals surface area contributed by atoms with Gasteiger partial charge in [0.05, 0.1) is 0 Å². The molecule has 0 spiro atoms. The van der Waals surface area contributed by atoms with Gasteiger partial charge in [0.15, 0.2) is 0 Å². The Balaban J connectivity index is 2.55. The van der Waals surface area contributed by atoms with Crippen molar-refractivity contribution in [3.8, 4) is 11.4 Å². The largest absolute Gasteiger partial charge is 0.342 e. The van der Waals surface area contributed by atoms with Crippen molar-refractivity contribution in [3.63, 3.8) is 0 Å². The van der Waals surface area contributed by atoms with E-state index in [0.717, 1.165) is 21.6 Å². The van der Waals surface area contributed by atoms with E-state index >= 15 is 0 Å². The summed E-state index contributed by atoms with van der Waals surface area (Å²) >= 11 is 5.76. The van der Waals surface area contributed by atoms with Gasteiger partial charge in [-0.05, 0) is 47.7 Å². The second kappa shape index (κ2) is 4.02. The van der Waals surface area contributed by atoms with E-state index in [2.05, 4.69) is 60.6 Å². The van der Waals surface area contributed by atoms with Gasteiger partial charge in [-0.1, -0.05) is 15.9 Å². The highest BCUT2D eigenvalue weighted by Gasteiger charge is 2.06. The van der Waals surface area contributed by atoms with E-state index < -0.39 is 0 Å². The number of nitrogens with one attached hydrogen (secondary N) is 1. The molecule has 2 aromatic rings. The van der Waals surface area contributed by atoms with Crippen LogP contribution in [-0.2, 0) is 0 Å². The SMILES string of the molecule is Cc1cnc(-c2cc(Br)ccc2I)[nH]1. The summed E-state index contributed by atoms with van der Waals surface area (Å²) in [6.45, 7) is 2.00. The van der Waals surface area contributed by atoms with Crippen LogP contribution < -0.4 is 0 Å². The minimum absolute atomic E-state index is 0.924. The Morgan fingerprint density at radius 3 is 2.86 bits per heavy atom. The Bertz CT molecular complexity index is 465. The Labute approximate surface area is 104 Å². The van der Waals surface area contributed by atoms with E-state index in [1.165, 1.54) is 3.57 Å². The third-order valence-corrected chi connectivity index (χ3v) is 3.32. The average molecular weight is 363 g/mol. The molecule has 0 bridgehead atoms. The number of aromatic amines is 1. The number of rotatable bonds is 1. The Morgan fingerprint density at radius 2 is 2.21 bits per heavy atom. The lowest BCUT2D eigenvalue weighted by Crippen LogP contribution is -1.85. The zero-order chi connectivity index (χ0) is 10.1. The monoisotopic (exact) mass is 362 g/mol. The topological polar surface area (TPSA) is 28.7 Å².